The summed E-state index contributed by atoms with van der Waals surface area (Å²) in [6.07, 6.45) is 2.69. The Morgan fingerprint density at radius 1 is 1.24 bits per heavy atom. The van der Waals surface area contributed by atoms with Gasteiger partial charge < -0.3 is 14.7 Å². The highest BCUT2D eigenvalue weighted by Crippen LogP contribution is 2.31. The minimum atomic E-state index is -0.256. The van der Waals surface area contributed by atoms with Gasteiger partial charge in [0, 0.05) is 17.8 Å². The van der Waals surface area contributed by atoms with Gasteiger partial charge in [-0.2, -0.15) is 10.2 Å². The van der Waals surface area contributed by atoms with Crippen LogP contribution in [0.1, 0.15) is 42.3 Å². The van der Waals surface area contributed by atoms with Crippen LogP contribution >= 0.6 is 0 Å². The Bertz CT molecular complexity index is 1050. The summed E-state index contributed by atoms with van der Waals surface area (Å²) in [6.45, 7) is 2.63. The van der Waals surface area contributed by atoms with E-state index in [2.05, 4.69) is 21.5 Å². The normalized spacial score (nSPS) is 16.3. The van der Waals surface area contributed by atoms with Crippen LogP contribution in [-0.2, 0) is 0 Å². The lowest BCUT2D eigenvalue weighted by Crippen LogP contribution is -2.41. The number of amides is 2. The number of nitrogens with zero attached hydrogens (tertiary/aromatic N) is 4. The number of likely N-dealkylation sites (tertiary alicyclic amines) is 1. The Balaban J connectivity index is 1.53. The first kappa shape index (κ1) is 18.7. The Kier molecular flexibility index (Phi) is 5.25. The predicted molar refractivity (Wildman–Crippen MR) is 108 cm³/mol. The topological polar surface area (TPSA) is 95.0 Å². The molecule has 0 saturated carbocycles. The van der Waals surface area contributed by atoms with Crippen LogP contribution in [0.3, 0.4) is 0 Å². The van der Waals surface area contributed by atoms with Crippen molar-refractivity contribution in [2.24, 2.45) is 0 Å². The van der Waals surface area contributed by atoms with Crippen LogP contribution in [0.15, 0.2) is 53.1 Å². The third-order valence-electron chi connectivity index (χ3n) is 5.03. The molecule has 0 bridgehead atoms. The van der Waals surface area contributed by atoms with E-state index in [9.17, 15) is 4.79 Å². The molecule has 1 atom stereocenters. The third-order valence-corrected chi connectivity index (χ3v) is 5.03. The molecule has 2 aromatic carbocycles. The number of rotatable bonds is 3. The largest absolute Gasteiger partial charge is 0.337 e. The second-order valence-corrected chi connectivity index (χ2v) is 7.15. The van der Waals surface area contributed by atoms with Crippen LogP contribution in [0.25, 0.3) is 11.4 Å². The summed E-state index contributed by atoms with van der Waals surface area (Å²) in [6, 6.07) is 16.3. The number of carbonyl (C=O) groups is 1. The minimum absolute atomic E-state index is 0.213. The predicted octanol–water partition coefficient (Wildman–Crippen LogP) is 4.68. The molecule has 1 aliphatic heterocycles. The summed E-state index contributed by atoms with van der Waals surface area (Å²) >= 11 is 0. The van der Waals surface area contributed by atoms with Crippen molar-refractivity contribution in [1.29, 1.82) is 5.26 Å². The van der Waals surface area contributed by atoms with Crippen molar-refractivity contribution < 1.29 is 9.32 Å². The zero-order valence-electron chi connectivity index (χ0n) is 16.1. The fourth-order valence-corrected chi connectivity index (χ4v) is 3.53. The molecular weight excluding hydrogens is 366 g/mol. The maximum absolute atomic E-state index is 12.9. The second kappa shape index (κ2) is 8.15. The standard InChI is InChI=1S/C22H21N5O2/c1-15-5-4-6-17(13-15)20-25-21(29-26-20)19-7-2-3-12-27(19)22(28)24-18-10-8-16(14-23)9-11-18/h4-6,8-11,13,19H,2-3,7,12H2,1H3,(H,24,28). The summed E-state index contributed by atoms with van der Waals surface area (Å²) in [5.74, 6) is 0.984. The molecule has 1 aliphatic rings. The molecule has 1 saturated heterocycles. The highest BCUT2D eigenvalue weighted by molar-refractivity contribution is 5.89. The fraction of sp³-hybridized carbons (Fsp3) is 0.273. The van der Waals surface area contributed by atoms with Gasteiger partial charge in [-0.3, -0.25) is 0 Å². The van der Waals surface area contributed by atoms with Gasteiger partial charge in [0.25, 0.3) is 0 Å². The number of aryl methyl sites for hydroxylation is 1. The molecule has 146 valence electrons. The van der Waals surface area contributed by atoms with Crippen LogP contribution in [0.2, 0.25) is 0 Å². The van der Waals surface area contributed by atoms with Crippen molar-refractivity contribution in [3.8, 4) is 17.5 Å². The van der Waals surface area contributed by atoms with E-state index in [1.807, 2.05) is 31.2 Å². The van der Waals surface area contributed by atoms with E-state index in [4.69, 9.17) is 9.78 Å². The second-order valence-electron chi connectivity index (χ2n) is 7.15. The molecule has 1 unspecified atom stereocenters. The summed E-state index contributed by atoms with van der Waals surface area (Å²) in [5.41, 5.74) is 3.21. The van der Waals surface area contributed by atoms with Gasteiger partial charge in [0.1, 0.15) is 6.04 Å². The van der Waals surface area contributed by atoms with Crippen LogP contribution in [0.4, 0.5) is 10.5 Å². The van der Waals surface area contributed by atoms with Crippen LogP contribution in [0.5, 0.6) is 0 Å². The van der Waals surface area contributed by atoms with Gasteiger partial charge in [0.05, 0.1) is 11.6 Å². The van der Waals surface area contributed by atoms with E-state index in [0.717, 1.165) is 30.4 Å². The minimum Gasteiger partial charge on any atom is -0.337 e. The number of nitrogens with one attached hydrogen (secondary N) is 1. The Hall–Kier alpha value is -3.66. The number of piperidine rings is 1. The van der Waals surface area contributed by atoms with Gasteiger partial charge in [-0.05, 0) is 56.5 Å². The van der Waals surface area contributed by atoms with Crippen LogP contribution in [-0.4, -0.2) is 27.6 Å². The van der Waals surface area contributed by atoms with Gasteiger partial charge in [0.2, 0.25) is 11.7 Å². The SMILES string of the molecule is Cc1cccc(-c2noc(C3CCCCN3C(=O)Nc3ccc(C#N)cc3)n2)c1. The average Bonchev–Trinajstić information content (AvgIpc) is 3.24. The maximum Gasteiger partial charge on any atom is 0.322 e. The van der Waals surface area contributed by atoms with Crippen molar-refractivity contribution in [1.82, 2.24) is 15.0 Å². The Morgan fingerprint density at radius 3 is 2.83 bits per heavy atom. The van der Waals surface area contributed by atoms with Crippen molar-refractivity contribution in [3.05, 3.63) is 65.5 Å². The molecule has 0 aliphatic carbocycles. The molecule has 3 aromatic rings. The van der Waals surface area contributed by atoms with Gasteiger partial charge >= 0.3 is 6.03 Å². The first-order valence-electron chi connectivity index (χ1n) is 9.62. The molecule has 29 heavy (non-hydrogen) atoms. The molecule has 4 rings (SSSR count). The lowest BCUT2D eigenvalue weighted by molar-refractivity contribution is 0.142. The molecule has 2 amide bonds. The summed E-state index contributed by atoms with van der Waals surface area (Å²) in [4.78, 5) is 19.2. The Labute approximate surface area is 169 Å². The molecule has 7 heteroatoms. The number of hydrogen-bond acceptors (Lipinski definition) is 5. The zero-order valence-corrected chi connectivity index (χ0v) is 16.1. The molecule has 2 heterocycles. The molecule has 1 N–H and O–H groups in total. The van der Waals surface area contributed by atoms with E-state index in [-0.39, 0.29) is 12.1 Å². The summed E-state index contributed by atoms with van der Waals surface area (Å²) in [5, 5.41) is 15.9. The zero-order chi connectivity index (χ0) is 20.2. The molecular formula is C22H21N5O2. The van der Waals surface area contributed by atoms with Crippen molar-refractivity contribution in [2.75, 3.05) is 11.9 Å². The van der Waals surface area contributed by atoms with Gasteiger partial charge in [0.15, 0.2) is 0 Å². The van der Waals surface area contributed by atoms with Crippen LogP contribution in [0, 0.1) is 18.3 Å². The summed E-state index contributed by atoms with van der Waals surface area (Å²) < 4.78 is 5.54. The van der Waals surface area contributed by atoms with Gasteiger partial charge in [-0.1, -0.05) is 28.9 Å². The van der Waals surface area contributed by atoms with Gasteiger partial charge in [-0.15, -0.1) is 0 Å². The smallest absolute Gasteiger partial charge is 0.322 e. The number of urea groups is 1. The van der Waals surface area contributed by atoms with Crippen molar-refractivity contribution in [2.45, 2.75) is 32.2 Å². The van der Waals surface area contributed by atoms with E-state index >= 15 is 0 Å². The van der Waals surface area contributed by atoms with E-state index in [1.54, 1.807) is 29.2 Å². The lowest BCUT2D eigenvalue weighted by atomic mass is 10.0. The van der Waals surface area contributed by atoms with E-state index < -0.39 is 0 Å². The van der Waals surface area contributed by atoms with E-state index in [0.29, 0.717) is 29.5 Å². The molecule has 1 aromatic heterocycles. The van der Waals surface area contributed by atoms with Crippen molar-refractivity contribution in [3.63, 3.8) is 0 Å². The fourth-order valence-electron chi connectivity index (χ4n) is 3.53. The lowest BCUT2D eigenvalue weighted by Gasteiger charge is -2.33. The molecule has 1 fully saturated rings. The molecule has 7 nitrogen and oxygen atoms in total. The number of nitriles is 1. The molecule has 0 radical (unpaired) electrons. The number of anilines is 1. The maximum atomic E-state index is 12.9. The summed E-state index contributed by atoms with van der Waals surface area (Å²) in [7, 11) is 0. The number of benzene rings is 2. The number of aromatic nitrogens is 2. The highest BCUT2D eigenvalue weighted by Gasteiger charge is 2.32. The average molecular weight is 387 g/mol. The number of carbonyl (C=O) groups excluding carboxylic acids is 1. The van der Waals surface area contributed by atoms with E-state index in [1.165, 1.54) is 0 Å². The van der Waals surface area contributed by atoms with Crippen LogP contribution < -0.4 is 5.32 Å². The third kappa shape index (κ3) is 4.11. The molecule has 0 spiro atoms. The van der Waals surface area contributed by atoms with Crippen molar-refractivity contribution >= 4 is 11.7 Å². The monoisotopic (exact) mass is 387 g/mol. The quantitative estimate of drug-likeness (QED) is 0.704. The first-order valence-corrected chi connectivity index (χ1v) is 9.62. The number of hydrogen-bond donors (Lipinski definition) is 1. The van der Waals surface area contributed by atoms with Gasteiger partial charge in [-0.25, -0.2) is 4.79 Å². The first-order chi connectivity index (χ1) is 14.1. The Morgan fingerprint density at radius 2 is 2.07 bits per heavy atom. The highest BCUT2D eigenvalue weighted by atomic mass is 16.5.